The summed E-state index contributed by atoms with van der Waals surface area (Å²) in [5.74, 6) is 0.780. The lowest BCUT2D eigenvalue weighted by atomic mass is 10.0. The number of piperidine rings is 1. The molecule has 2 saturated heterocycles. The summed E-state index contributed by atoms with van der Waals surface area (Å²) in [6.45, 7) is 4.40. The SMILES string of the molecule is CN1CCC(Nc2ccccc2NC(=O)CCC2CCNC2)CC1.Cl.Cl. The largest absolute Gasteiger partial charge is 0.381 e. The van der Waals surface area contributed by atoms with Crippen LogP contribution in [0.25, 0.3) is 0 Å². The lowest BCUT2D eigenvalue weighted by Crippen LogP contribution is -2.36. The Labute approximate surface area is 169 Å². The van der Waals surface area contributed by atoms with Crippen molar-refractivity contribution >= 4 is 42.1 Å². The number of hydrogen-bond acceptors (Lipinski definition) is 4. The second-order valence-electron chi connectivity index (χ2n) is 7.21. The number of carbonyl (C=O) groups excluding carboxylic acids is 1. The Bertz CT molecular complexity index is 544. The van der Waals surface area contributed by atoms with Crippen molar-refractivity contribution < 1.29 is 4.79 Å². The van der Waals surface area contributed by atoms with Gasteiger partial charge in [-0.1, -0.05) is 12.1 Å². The maximum Gasteiger partial charge on any atom is 0.224 e. The number of rotatable bonds is 6. The second-order valence-corrected chi connectivity index (χ2v) is 7.21. The van der Waals surface area contributed by atoms with E-state index in [1.807, 2.05) is 18.2 Å². The standard InChI is InChI=1S/C19H30N4O.2ClH/c1-23-12-9-16(10-13-23)21-17-4-2-3-5-18(17)22-19(24)7-6-15-8-11-20-14-15;;/h2-5,15-16,20-21H,6-14H2,1H3,(H,22,24);2*1H. The zero-order valence-corrected chi connectivity index (χ0v) is 17.1. The molecule has 7 heteroatoms. The van der Waals surface area contributed by atoms with Gasteiger partial charge in [0.15, 0.2) is 0 Å². The quantitative estimate of drug-likeness (QED) is 0.682. The van der Waals surface area contributed by atoms with Gasteiger partial charge in [-0.25, -0.2) is 0 Å². The molecule has 2 heterocycles. The van der Waals surface area contributed by atoms with Crippen molar-refractivity contribution in [3.63, 3.8) is 0 Å². The van der Waals surface area contributed by atoms with Crippen LogP contribution in [-0.4, -0.2) is 50.1 Å². The summed E-state index contributed by atoms with van der Waals surface area (Å²) in [6, 6.07) is 8.55. The van der Waals surface area contributed by atoms with Crippen LogP contribution in [0.2, 0.25) is 0 Å². The van der Waals surface area contributed by atoms with Crippen LogP contribution in [0.4, 0.5) is 11.4 Å². The molecule has 0 aliphatic carbocycles. The highest BCUT2D eigenvalue weighted by molar-refractivity contribution is 5.94. The van der Waals surface area contributed by atoms with Crippen LogP contribution >= 0.6 is 24.8 Å². The average molecular weight is 403 g/mol. The minimum atomic E-state index is 0. The molecule has 0 aromatic heterocycles. The smallest absolute Gasteiger partial charge is 0.224 e. The number of anilines is 2. The van der Waals surface area contributed by atoms with Crippen molar-refractivity contribution in [2.75, 3.05) is 43.9 Å². The van der Waals surface area contributed by atoms with E-state index < -0.39 is 0 Å². The third-order valence-corrected chi connectivity index (χ3v) is 5.22. The maximum absolute atomic E-state index is 12.3. The lowest BCUT2D eigenvalue weighted by molar-refractivity contribution is -0.116. The molecule has 2 aliphatic rings. The predicted molar refractivity (Wildman–Crippen MR) is 114 cm³/mol. The highest BCUT2D eigenvalue weighted by Gasteiger charge is 2.18. The molecule has 5 nitrogen and oxygen atoms in total. The van der Waals surface area contributed by atoms with Gasteiger partial charge in [0.25, 0.3) is 0 Å². The molecule has 3 rings (SSSR count). The van der Waals surface area contributed by atoms with E-state index in [0.29, 0.717) is 18.4 Å². The molecular weight excluding hydrogens is 371 g/mol. The van der Waals surface area contributed by atoms with Crippen molar-refractivity contribution in [3.05, 3.63) is 24.3 Å². The molecule has 3 N–H and O–H groups in total. The normalized spacial score (nSPS) is 20.7. The molecule has 2 fully saturated rings. The predicted octanol–water partition coefficient (Wildman–Crippen LogP) is 3.36. The van der Waals surface area contributed by atoms with Crippen molar-refractivity contribution in [2.45, 2.75) is 38.1 Å². The summed E-state index contributed by atoms with van der Waals surface area (Å²) < 4.78 is 0. The minimum absolute atomic E-state index is 0. The number of nitrogens with one attached hydrogen (secondary N) is 3. The Balaban J connectivity index is 0.00000169. The molecule has 0 bridgehead atoms. The Morgan fingerprint density at radius 2 is 1.85 bits per heavy atom. The number of benzene rings is 1. The summed E-state index contributed by atoms with van der Waals surface area (Å²) in [6.07, 6.45) is 5.07. The van der Waals surface area contributed by atoms with Gasteiger partial charge >= 0.3 is 0 Å². The summed E-state index contributed by atoms with van der Waals surface area (Å²) in [5, 5.41) is 10.1. The van der Waals surface area contributed by atoms with Crippen LogP contribution in [0.1, 0.15) is 32.1 Å². The lowest BCUT2D eigenvalue weighted by Gasteiger charge is -2.30. The van der Waals surface area contributed by atoms with Gasteiger partial charge in [0.2, 0.25) is 5.91 Å². The highest BCUT2D eigenvalue weighted by atomic mass is 35.5. The third-order valence-electron chi connectivity index (χ3n) is 5.22. The van der Waals surface area contributed by atoms with Gasteiger partial charge in [-0.3, -0.25) is 4.79 Å². The van der Waals surface area contributed by atoms with Gasteiger partial charge in [0, 0.05) is 12.5 Å². The van der Waals surface area contributed by atoms with Gasteiger partial charge in [-0.15, -0.1) is 24.8 Å². The van der Waals surface area contributed by atoms with E-state index in [9.17, 15) is 4.79 Å². The number of amides is 1. The first-order valence-electron chi connectivity index (χ1n) is 9.25. The van der Waals surface area contributed by atoms with Crippen LogP contribution in [-0.2, 0) is 4.79 Å². The van der Waals surface area contributed by atoms with Gasteiger partial charge in [0.1, 0.15) is 0 Å². The molecule has 148 valence electrons. The fourth-order valence-electron chi connectivity index (χ4n) is 3.60. The fourth-order valence-corrected chi connectivity index (χ4v) is 3.60. The number of hydrogen-bond donors (Lipinski definition) is 3. The monoisotopic (exact) mass is 402 g/mol. The molecule has 1 aromatic carbocycles. The third kappa shape index (κ3) is 6.95. The zero-order chi connectivity index (χ0) is 16.8. The number of carbonyl (C=O) groups is 1. The van der Waals surface area contributed by atoms with Gasteiger partial charge in [-0.05, 0) is 77.0 Å². The van der Waals surface area contributed by atoms with E-state index in [-0.39, 0.29) is 30.7 Å². The molecule has 2 aliphatic heterocycles. The van der Waals surface area contributed by atoms with Crippen LogP contribution in [0.3, 0.4) is 0 Å². The van der Waals surface area contributed by atoms with Gasteiger partial charge in [0.05, 0.1) is 11.4 Å². The summed E-state index contributed by atoms with van der Waals surface area (Å²) >= 11 is 0. The Hall–Kier alpha value is -1.01. The molecule has 1 atom stereocenters. The highest BCUT2D eigenvalue weighted by Crippen LogP contribution is 2.25. The molecular formula is C19H32Cl2N4O. The molecule has 26 heavy (non-hydrogen) atoms. The summed E-state index contributed by atoms with van der Waals surface area (Å²) in [4.78, 5) is 14.7. The number of para-hydroxylation sites is 2. The van der Waals surface area contributed by atoms with Gasteiger partial charge < -0.3 is 20.9 Å². The number of likely N-dealkylation sites (tertiary alicyclic amines) is 1. The van der Waals surface area contributed by atoms with Crippen molar-refractivity contribution in [1.82, 2.24) is 10.2 Å². The van der Waals surface area contributed by atoms with Crippen molar-refractivity contribution in [3.8, 4) is 0 Å². The van der Waals surface area contributed by atoms with E-state index in [1.54, 1.807) is 0 Å². The minimum Gasteiger partial charge on any atom is -0.381 e. The summed E-state index contributed by atoms with van der Waals surface area (Å²) in [5.41, 5.74) is 1.95. The van der Waals surface area contributed by atoms with Gasteiger partial charge in [-0.2, -0.15) is 0 Å². The summed E-state index contributed by atoms with van der Waals surface area (Å²) in [7, 11) is 2.17. The van der Waals surface area contributed by atoms with E-state index in [1.165, 1.54) is 6.42 Å². The molecule has 1 amide bonds. The van der Waals surface area contributed by atoms with E-state index in [4.69, 9.17) is 0 Å². The van der Waals surface area contributed by atoms with Crippen molar-refractivity contribution in [2.24, 2.45) is 5.92 Å². The van der Waals surface area contributed by atoms with Crippen LogP contribution < -0.4 is 16.0 Å². The topological polar surface area (TPSA) is 56.4 Å². The molecule has 0 radical (unpaired) electrons. The fraction of sp³-hybridized carbons (Fsp3) is 0.632. The molecule has 1 aromatic rings. The molecule has 0 saturated carbocycles. The zero-order valence-electron chi connectivity index (χ0n) is 15.5. The Morgan fingerprint density at radius 1 is 1.15 bits per heavy atom. The first-order valence-corrected chi connectivity index (χ1v) is 9.25. The van der Waals surface area contributed by atoms with E-state index in [2.05, 4.69) is 34.0 Å². The van der Waals surface area contributed by atoms with E-state index in [0.717, 1.165) is 56.8 Å². The molecule has 1 unspecified atom stereocenters. The first-order chi connectivity index (χ1) is 11.7. The van der Waals surface area contributed by atoms with Crippen LogP contribution in [0.15, 0.2) is 24.3 Å². The van der Waals surface area contributed by atoms with Crippen LogP contribution in [0.5, 0.6) is 0 Å². The average Bonchev–Trinajstić information content (AvgIpc) is 3.10. The van der Waals surface area contributed by atoms with E-state index >= 15 is 0 Å². The Kier molecular flexibility index (Phi) is 10.3. The first kappa shape index (κ1) is 23.0. The van der Waals surface area contributed by atoms with Crippen LogP contribution in [0, 0.1) is 5.92 Å². The second kappa shape index (κ2) is 11.7. The number of halogens is 2. The number of nitrogens with zero attached hydrogens (tertiary/aromatic N) is 1. The Morgan fingerprint density at radius 3 is 2.50 bits per heavy atom. The molecule has 0 spiro atoms. The maximum atomic E-state index is 12.3. The van der Waals surface area contributed by atoms with Crippen molar-refractivity contribution in [1.29, 1.82) is 0 Å².